The average molecular weight is 199 g/mol. The summed E-state index contributed by atoms with van der Waals surface area (Å²) >= 11 is 1.46. The van der Waals surface area contributed by atoms with Crippen LogP contribution in [0, 0.1) is 0 Å². The third-order valence-corrected chi connectivity index (χ3v) is 2.88. The Labute approximate surface area is 81.9 Å². The second-order valence-electron chi connectivity index (χ2n) is 2.86. The lowest BCUT2D eigenvalue weighted by Crippen LogP contribution is -2.36. The molecule has 72 valence electrons. The first-order valence-electron chi connectivity index (χ1n) is 4.10. The summed E-state index contributed by atoms with van der Waals surface area (Å²) < 4.78 is 0. The van der Waals surface area contributed by atoms with Gasteiger partial charge in [-0.1, -0.05) is 18.7 Å². The van der Waals surface area contributed by atoms with Crippen LogP contribution in [0.3, 0.4) is 0 Å². The lowest BCUT2D eigenvalue weighted by molar-refractivity contribution is -0.122. The molecule has 1 rings (SSSR count). The van der Waals surface area contributed by atoms with Gasteiger partial charge in [0, 0.05) is 6.42 Å². The molecule has 1 aliphatic rings. The van der Waals surface area contributed by atoms with Gasteiger partial charge in [-0.25, -0.2) is 0 Å². The van der Waals surface area contributed by atoms with Crippen molar-refractivity contribution >= 4 is 17.7 Å². The zero-order valence-corrected chi connectivity index (χ0v) is 8.30. The van der Waals surface area contributed by atoms with E-state index in [1.165, 1.54) is 11.8 Å². The summed E-state index contributed by atoms with van der Waals surface area (Å²) in [6.45, 7) is 5.39. The van der Waals surface area contributed by atoms with E-state index >= 15 is 0 Å². The van der Waals surface area contributed by atoms with Gasteiger partial charge in [0.15, 0.2) is 0 Å². The number of carbonyl (C=O) groups is 1. The largest absolute Gasteiger partial charge is 0.373 e. The summed E-state index contributed by atoms with van der Waals surface area (Å²) in [5.41, 5.74) is 0. The van der Waals surface area contributed by atoms with Gasteiger partial charge in [-0.2, -0.15) is 0 Å². The van der Waals surface area contributed by atoms with Crippen LogP contribution < -0.4 is 5.32 Å². The molecule has 0 radical (unpaired) electrons. The van der Waals surface area contributed by atoms with Gasteiger partial charge in [-0.3, -0.25) is 4.79 Å². The highest BCUT2D eigenvalue weighted by Crippen LogP contribution is 2.28. The minimum atomic E-state index is -0.767. The van der Waals surface area contributed by atoms with Crippen molar-refractivity contribution in [3.63, 3.8) is 0 Å². The van der Waals surface area contributed by atoms with Gasteiger partial charge < -0.3 is 10.4 Å². The maximum Gasteiger partial charge on any atom is 0.235 e. The zero-order valence-electron chi connectivity index (χ0n) is 7.49. The van der Waals surface area contributed by atoms with E-state index in [1.54, 1.807) is 6.08 Å². The average Bonchev–Trinajstić information content (AvgIpc) is 2.13. The summed E-state index contributed by atoms with van der Waals surface area (Å²) in [4.78, 5) is 12.2. The van der Waals surface area contributed by atoms with Gasteiger partial charge >= 0.3 is 0 Å². The maximum atomic E-state index is 11.2. The lowest BCUT2D eigenvalue weighted by atomic mass is 10.3. The van der Waals surface area contributed by atoms with Gasteiger partial charge in [-0.15, -0.1) is 11.8 Å². The van der Waals surface area contributed by atoms with Gasteiger partial charge in [0.25, 0.3) is 0 Å². The molecule has 1 fully saturated rings. The van der Waals surface area contributed by atoms with Crippen LogP contribution in [-0.2, 0) is 4.79 Å². The Kier molecular flexibility index (Phi) is 3.57. The molecule has 2 unspecified atom stereocenters. The number of hydrogen-bond donors (Lipinski definition) is 2. The molecule has 0 saturated carbocycles. The first-order valence-corrected chi connectivity index (χ1v) is 4.98. The van der Waals surface area contributed by atoms with Crippen molar-refractivity contribution in [2.45, 2.75) is 24.8 Å². The van der Waals surface area contributed by atoms with Crippen LogP contribution in [0.2, 0.25) is 0 Å². The van der Waals surface area contributed by atoms with Crippen molar-refractivity contribution in [3.05, 3.63) is 23.6 Å². The predicted molar refractivity (Wildman–Crippen MR) is 54.1 cm³/mol. The molecule has 1 aliphatic heterocycles. The molecule has 13 heavy (non-hydrogen) atoms. The van der Waals surface area contributed by atoms with Crippen LogP contribution in [0.1, 0.15) is 13.3 Å². The Balaban J connectivity index is 2.76. The molecule has 4 heteroatoms. The molecule has 0 aromatic rings. The Hall–Kier alpha value is -0.740. The fourth-order valence-corrected chi connectivity index (χ4v) is 2.15. The molecular formula is C9H13NO2S. The molecule has 1 heterocycles. The topological polar surface area (TPSA) is 49.3 Å². The molecule has 0 aromatic carbocycles. The number of amides is 1. The van der Waals surface area contributed by atoms with Crippen molar-refractivity contribution < 1.29 is 9.90 Å². The van der Waals surface area contributed by atoms with Crippen molar-refractivity contribution in [2.75, 3.05) is 0 Å². The molecular weight excluding hydrogens is 186 g/mol. The Morgan fingerprint density at radius 3 is 3.08 bits per heavy atom. The molecule has 2 atom stereocenters. The van der Waals surface area contributed by atoms with E-state index in [0.29, 0.717) is 6.42 Å². The van der Waals surface area contributed by atoms with Crippen molar-refractivity contribution in [3.8, 4) is 0 Å². The Bertz CT molecular complexity index is 250. The van der Waals surface area contributed by atoms with Gasteiger partial charge in [-0.05, 0) is 11.8 Å². The highest BCUT2D eigenvalue weighted by atomic mass is 32.2. The smallest absolute Gasteiger partial charge is 0.235 e. The van der Waals surface area contributed by atoms with E-state index in [1.807, 2.05) is 13.0 Å². The zero-order chi connectivity index (χ0) is 9.84. The Morgan fingerprint density at radius 1 is 1.77 bits per heavy atom. The number of aliphatic hydroxyl groups excluding tert-OH is 1. The Morgan fingerprint density at radius 2 is 2.46 bits per heavy atom. The molecule has 1 saturated heterocycles. The van der Waals surface area contributed by atoms with Gasteiger partial charge in [0.05, 0.1) is 5.25 Å². The highest BCUT2D eigenvalue weighted by molar-refractivity contribution is 8.04. The van der Waals surface area contributed by atoms with Crippen LogP contribution in [0.15, 0.2) is 23.6 Å². The third kappa shape index (κ3) is 2.90. The van der Waals surface area contributed by atoms with Crippen LogP contribution in [0.5, 0.6) is 0 Å². The highest BCUT2D eigenvalue weighted by Gasteiger charge is 2.23. The van der Waals surface area contributed by atoms with Crippen LogP contribution in [0.4, 0.5) is 0 Å². The van der Waals surface area contributed by atoms with Crippen molar-refractivity contribution in [1.82, 2.24) is 5.32 Å². The molecule has 1 amide bonds. The number of carbonyl (C=O) groups excluding carboxylic acids is 1. The number of rotatable bonds is 1. The normalized spacial score (nSPS) is 32.5. The number of thioether (sulfide) groups is 1. The predicted octanol–water partition coefficient (Wildman–Crippen LogP) is 1.02. The van der Waals surface area contributed by atoms with Crippen molar-refractivity contribution in [2.24, 2.45) is 0 Å². The number of hydrogen-bond acceptors (Lipinski definition) is 3. The number of allylic oxidation sites excluding steroid dienone is 2. The monoisotopic (exact) mass is 199 g/mol. The van der Waals surface area contributed by atoms with E-state index in [-0.39, 0.29) is 11.2 Å². The molecule has 2 N–H and O–H groups in total. The van der Waals surface area contributed by atoms with Crippen LogP contribution in [0.25, 0.3) is 0 Å². The number of aliphatic hydroxyl groups is 1. The quantitative estimate of drug-likeness (QED) is 0.663. The van der Waals surface area contributed by atoms with Crippen LogP contribution >= 0.6 is 11.8 Å². The molecule has 0 aromatic heterocycles. The number of nitrogens with one attached hydrogen (secondary N) is 1. The summed E-state index contributed by atoms with van der Waals surface area (Å²) in [6.07, 6.45) is 3.19. The molecule has 0 spiro atoms. The lowest BCUT2D eigenvalue weighted by Gasteiger charge is -2.07. The fourth-order valence-electron chi connectivity index (χ4n) is 1.09. The van der Waals surface area contributed by atoms with E-state index in [4.69, 9.17) is 0 Å². The van der Waals surface area contributed by atoms with E-state index in [9.17, 15) is 9.90 Å². The van der Waals surface area contributed by atoms with E-state index in [0.717, 1.165) is 4.91 Å². The van der Waals surface area contributed by atoms with E-state index < -0.39 is 6.23 Å². The van der Waals surface area contributed by atoms with Gasteiger partial charge in [0.2, 0.25) is 5.91 Å². The molecule has 3 nitrogen and oxygen atoms in total. The van der Waals surface area contributed by atoms with Crippen LogP contribution in [-0.4, -0.2) is 22.5 Å². The van der Waals surface area contributed by atoms with Crippen molar-refractivity contribution in [1.29, 1.82) is 0 Å². The SMILES string of the molecule is C=C/C=C1\CC(O)NC(=O)C(C)S1. The minimum Gasteiger partial charge on any atom is -0.373 e. The molecule has 0 bridgehead atoms. The van der Waals surface area contributed by atoms with Gasteiger partial charge in [0.1, 0.15) is 6.23 Å². The first kappa shape index (κ1) is 10.3. The summed E-state index contributed by atoms with van der Waals surface area (Å²) in [5, 5.41) is 11.7. The third-order valence-electron chi connectivity index (χ3n) is 1.70. The minimum absolute atomic E-state index is 0.120. The van der Waals surface area contributed by atoms with E-state index in [2.05, 4.69) is 11.9 Å². The first-order chi connectivity index (χ1) is 6.13. The second-order valence-corrected chi connectivity index (χ2v) is 4.32. The molecule has 0 aliphatic carbocycles. The summed E-state index contributed by atoms with van der Waals surface area (Å²) in [7, 11) is 0. The fraction of sp³-hybridized carbons (Fsp3) is 0.444. The standard InChI is InChI=1S/C9H13NO2S/c1-3-4-7-5-8(11)10-9(12)6(2)13-7/h3-4,6,8,11H,1,5H2,2H3,(H,10,12)/b7-4+. The summed E-state index contributed by atoms with van der Waals surface area (Å²) in [6, 6.07) is 0. The maximum absolute atomic E-state index is 11.2. The summed E-state index contributed by atoms with van der Waals surface area (Å²) in [5.74, 6) is -0.120. The second kappa shape index (κ2) is 4.48.